The van der Waals surface area contributed by atoms with E-state index in [0.29, 0.717) is 18.0 Å². The number of benzene rings is 1. The van der Waals surface area contributed by atoms with Crippen molar-refractivity contribution in [3.05, 3.63) is 39.9 Å². The van der Waals surface area contributed by atoms with Gasteiger partial charge < -0.3 is 4.74 Å². The summed E-state index contributed by atoms with van der Waals surface area (Å²) >= 11 is 2.01. The van der Waals surface area contributed by atoms with Gasteiger partial charge in [0.15, 0.2) is 0 Å². The molecule has 1 aliphatic heterocycles. The molecule has 1 fully saturated rings. The summed E-state index contributed by atoms with van der Waals surface area (Å²) in [7, 11) is 0. The molecule has 0 N–H and O–H groups in total. The molecule has 0 saturated carbocycles. The molecule has 2 rings (SSSR count). The van der Waals surface area contributed by atoms with Crippen molar-refractivity contribution in [2.45, 2.75) is 0 Å². The van der Waals surface area contributed by atoms with E-state index in [-0.39, 0.29) is 5.82 Å². The van der Waals surface area contributed by atoms with Crippen LogP contribution in [0, 0.1) is 5.82 Å². The zero-order chi connectivity index (χ0) is 10.8. The van der Waals surface area contributed by atoms with Crippen LogP contribution in [0.2, 0.25) is 0 Å². The number of hydrogen-bond acceptors (Lipinski definition) is 2. The maximum absolute atomic E-state index is 12.7. The van der Waals surface area contributed by atoms with Crippen LogP contribution in [0.3, 0.4) is 0 Å². The van der Waals surface area contributed by atoms with Gasteiger partial charge in [-0.1, -0.05) is 0 Å². The minimum Gasteiger partial charge on any atom is -0.412 e. The number of carbonyl (C=O) groups is 1. The highest BCUT2D eigenvalue weighted by molar-refractivity contribution is 14.1. The van der Waals surface area contributed by atoms with E-state index in [1.54, 1.807) is 16.2 Å². The predicted molar refractivity (Wildman–Crippen MR) is 62.3 cm³/mol. The van der Waals surface area contributed by atoms with Crippen molar-refractivity contribution in [2.24, 2.45) is 0 Å². The molecule has 1 aromatic rings. The Hall–Kier alpha value is -1.11. The van der Waals surface area contributed by atoms with Gasteiger partial charge in [0.1, 0.15) is 11.6 Å². The number of amides is 1. The molecule has 0 aromatic heterocycles. The lowest BCUT2D eigenvalue weighted by atomic mass is 10.3. The molecule has 15 heavy (non-hydrogen) atoms. The molecule has 78 valence electrons. The topological polar surface area (TPSA) is 29.5 Å². The Morgan fingerprint density at radius 2 is 2.07 bits per heavy atom. The summed E-state index contributed by atoms with van der Waals surface area (Å²) in [5.41, 5.74) is 0.634. The number of anilines is 1. The molecule has 1 saturated heterocycles. The average Bonchev–Trinajstić information content (AvgIpc) is 2.61. The highest BCUT2D eigenvalue weighted by Crippen LogP contribution is 2.23. The molecule has 0 atom stereocenters. The van der Waals surface area contributed by atoms with Crippen LogP contribution in [0.4, 0.5) is 14.9 Å². The first-order valence-corrected chi connectivity index (χ1v) is 5.49. The van der Waals surface area contributed by atoms with Crippen molar-refractivity contribution in [3.63, 3.8) is 0 Å². The molecule has 0 aliphatic carbocycles. The lowest BCUT2D eigenvalue weighted by Crippen LogP contribution is -2.22. The minimum atomic E-state index is -0.426. The van der Waals surface area contributed by atoms with Gasteiger partial charge in [-0.3, -0.25) is 4.90 Å². The average molecular weight is 319 g/mol. The fraction of sp³-hybridized carbons (Fsp3) is 0.100. The molecule has 1 aliphatic rings. The molecule has 3 nitrogen and oxygen atoms in total. The fourth-order valence-electron chi connectivity index (χ4n) is 1.29. The van der Waals surface area contributed by atoms with Crippen LogP contribution in [0.1, 0.15) is 0 Å². The van der Waals surface area contributed by atoms with Crippen molar-refractivity contribution in [3.8, 4) is 0 Å². The van der Waals surface area contributed by atoms with Crippen molar-refractivity contribution in [1.29, 1.82) is 0 Å². The van der Waals surface area contributed by atoms with E-state index in [2.05, 4.69) is 0 Å². The Morgan fingerprint density at radius 3 is 2.60 bits per heavy atom. The van der Waals surface area contributed by atoms with Gasteiger partial charge in [-0.15, -0.1) is 0 Å². The molecule has 0 bridgehead atoms. The second-order valence-electron chi connectivity index (χ2n) is 3.01. The first-order valence-electron chi connectivity index (χ1n) is 4.25. The number of nitrogens with zero attached hydrogens (tertiary/aromatic N) is 1. The van der Waals surface area contributed by atoms with E-state index in [4.69, 9.17) is 4.74 Å². The standard InChI is InChI=1S/C10H7FINO2/c11-7-1-3-8(4-2-7)13-6-9(5-12)15-10(13)14/h1-5H,6H2. The number of rotatable bonds is 1. The highest BCUT2D eigenvalue weighted by Gasteiger charge is 2.27. The molecule has 1 aromatic carbocycles. The Balaban J connectivity index is 2.25. The normalized spacial score (nSPS) is 18.4. The maximum Gasteiger partial charge on any atom is 0.419 e. The van der Waals surface area contributed by atoms with Gasteiger partial charge in [-0.25, -0.2) is 9.18 Å². The van der Waals surface area contributed by atoms with E-state index in [9.17, 15) is 9.18 Å². The Kier molecular flexibility index (Phi) is 2.90. The zero-order valence-electron chi connectivity index (χ0n) is 7.61. The monoisotopic (exact) mass is 319 g/mol. The number of halogens is 2. The molecule has 0 spiro atoms. The van der Waals surface area contributed by atoms with Gasteiger partial charge >= 0.3 is 6.09 Å². The summed E-state index contributed by atoms with van der Waals surface area (Å²) in [6, 6.07) is 5.72. The summed E-state index contributed by atoms with van der Waals surface area (Å²) < 4.78 is 19.3. The molecular weight excluding hydrogens is 312 g/mol. The van der Waals surface area contributed by atoms with Crippen LogP contribution in [-0.4, -0.2) is 12.6 Å². The lowest BCUT2D eigenvalue weighted by molar-refractivity contribution is 0.199. The first kappa shape index (κ1) is 10.4. The van der Waals surface area contributed by atoms with Gasteiger partial charge in [0, 0.05) is 9.77 Å². The molecule has 0 unspecified atom stereocenters. The molecule has 1 amide bonds. The zero-order valence-corrected chi connectivity index (χ0v) is 9.77. The molecule has 1 heterocycles. The van der Waals surface area contributed by atoms with Crippen LogP contribution in [0.25, 0.3) is 0 Å². The van der Waals surface area contributed by atoms with Crippen molar-refractivity contribution in [1.82, 2.24) is 0 Å². The van der Waals surface area contributed by atoms with E-state index in [0.717, 1.165) is 0 Å². The summed E-state index contributed by atoms with van der Waals surface area (Å²) in [6.07, 6.45) is -0.426. The van der Waals surface area contributed by atoms with Gasteiger partial charge in [0.2, 0.25) is 0 Å². The van der Waals surface area contributed by atoms with Crippen molar-refractivity contribution in [2.75, 3.05) is 11.4 Å². The lowest BCUT2D eigenvalue weighted by Gasteiger charge is -2.11. The van der Waals surface area contributed by atoms with Crippen LogP contribution in [0.5, 0.6) is 0 Å². The Labute approximate surface area is 99.7 Å². The Bertz CT molecular complexity index is 416. The SMILES string of the molecule is O=C1OC(=CI)CN1c1ccc(F)cc1. The first-order chi connectivity index (χ1) is 7.20. The number of carbonyl (C=O) groups excluding carboxylic acids is 1. The fourth-order valence-corrected chi connectivity index (χ4v) is 1.62. The second kappa shape index (κ2) is 4.18. The third-order valence-corrected chi connectivity index (χ3v) is 2.71. The van der Waals surface area contributed by atoms with Crippen LogP contribution < -0.4 is 4.90 Å². The summed E-state index contributed by atoms with van der Waals surface area (Å²) in [4.78, 5) is 12.8. The highest BCUT2D eigenvalue weighted by atomic mass is 127. The van der Waals surface area contributed by atoms with E-state index in [1.807, 2.05) is 22.6 Å². The maximum atomic E-state index is 12.7. The molecule has 5 heteroatoms. The predicted octanol–water partition coefficient (Wildman–Crippen LogP) is 3.06. The quantitative estimate of drug-likeness (QED) is 0.745. The van der Waals surface area contributed by atoms with Gasteiger partial charge in [-0.05, 0) is 46.9 Å². The van der Waals surface area contributed by atoms with E-state index < -0.39 is 6.09 Å². The van der Waals surface area contributed by atoms with Gasteiger partial charge in [-0.2, -0.15) is 0 Å². The van der Waals surface area contributed by atoms with Gasteiger partial charge in [0.25, 0.3) is 0 Å². The van der Waals surface area contributed by atoms with Crippen LogP contribution in [-0.2, 0) is 4.74 Å². The summed E-state index contributed by atoms with van der Waals surface area (Å²) in [5.74, 6) is 0.279. The third-order valence-electron chi connectivity index (χ3n) is 2.01. The molecule has 0 radical (unpaired) electrons. The number of hydrogen-bond donors (Lipinski definition) is 0. The van der Waals surface area contributed by atoms with Crippen molar-refractivity contribution >= 4 is 34.4 Å². The summed E-state index contributed by atoms with van der Waals surface area (Å²) in [6.45, 7) is 0.396. The van der Waals surface area contributed by atoms with Crippen molar-refractivity contribution < 1.29 is 13.9 Å². The summed E-state index contributed by atoms with van der Waals surface area (Å²) in [5, 5.41) is 0. The van der Waals surface area contributed by atoms with E-state index in [1.165, 1.54) is 17.0 Å². The van der Waals surface area contributed by atoms with Gasteiger partial charge in [0.05, 0.1) is 6.54 Å². The Morgan fingerprint density at radius 1 is 1.40 bits per heavy atom. The second-order valence-corrected chi connectivity index (χ2v) is 3.63. The largest absolute Gasteiger partial charge is 0.419 e. The molecular formula is C10H7FINO2. The number of ether oxygens (including phenoxy) is 1. The van der Waals surface area contributed by atoms with Crippen LogP contribution >= 0.6 is 22.6 Å². The van der Waals surface area contributed by atoms with Crippen LogP contribution in [0.15, 0.2) is 34.1 Å². The minimum absolute atomic E-state index is 0.323. The van der Waals surface area contributed by atoms with E-state index >= 15 is 0 Å². The number of cyclic esters (lactones) is 1. The smallest absolute Gasteiger partial charge is 0.412 e. The third kappa shape index (κ3) is 2.11.